The van der Waals surface area contributed by atoms with E-state index in [4.69, 9.17) is 0 Å². The number of halogens is 2. The molecule has 0 radical (unpaired) electrons. The fraction of sp³-hybridized carbons (Fsp3) is 0.538. The maximum atomic E-state index is 13.4. The standard InChI is InChI=1S/C13H17BrFN/c1-13(2,3)6-8-7-16-12-10(8)4-9(15)5-11(12)14/h4-5,8,16H,6-7H2,1-3H3. The van der Waals surface area contributed by atoms with Crippen LogP contribution < -0.4 is 5.32 Å². The van der Waals surface area contributed by atoms with Crippen LogP contribution in [0.1, 0.15) is 38.7 Å². The second-order valence-corrected chi connectivity index (χ2v) is 6.55. The van der Waals surface area contributed by atoms with Crippen molar-refractivity contribution >= 4 is 21.6 Å². The molecular weight excluding hydrogens is 269 g/mol. The molecule has 0 aliphatic carbocycles. The summed E-state index contributed by atoms with van der Waals surface area (Å²) < 4.78 is 14.2. The molecule has 1 N–H and O–H groups in total. The molecule has 1 aromatic carbocycles. The van der Waals surface area contributed by atoms with Crippen LogP contribution in [0.2, 0.25) is 0 Å². The minimum absolute atomic E-state index is 0.159. The summed E-state index contributed by atoms with van der Waals surface area (Å²) in [5.74, 6) is 0.259. The van der Waals surface area contributed by atoms with E-state index in [0.717, 1.165) is 28.7 Å². The van der Waals surface area contributed by atoms with E-state index in [0.29, 0.717) is 5.92 Å². The lowest BCUT2D eigenvalue weighted by molar-refractivity contribution is 0.348. The van der Waals surface area contributed by atoms with Gasteiger partial charge in [0.15, 0.2) is 0 Å². The van der Waals surface area contributed by atoms with E-state index in [2.05, 4.69) is 42.0 Å². The van der Waals surface area contributed by atoms with Crippen LogP contribution in [0.5, 0.6) is 0 Å². The summed E-state index contributed by atoms with van der Waals surface area (Å²) in [6.45, 7) is 7.58. The van der Waals surface area contributed by atoms with Gasteiger partial charge in [-0.25, -0.2) is 4.39 Å². The third kappa shape index (κ3) is 2.40. The van der Waals surface area contributed by atoms with Crippen molar-refractivity contribution in [3.05, 3.63) is 28.0 Å². The van der Waals surface area contributed by atoms with E-state index >= 15 is 0 Å². The topological polar surface area (TPSA) is 12.0 Å². The quantitative estimate of drug-likeness (QED) is 0.799. The molecule has 3 heteroatoms. The molecule has 1 heterocycles. The summed E-state index contributed by atoms with van der Waals surface area (Å²) in [6.07, 6.45) is 1.07. The normalized spacial score (nSPS) is 19.4. The Kier molecular flexibility index (Phi) is 2.99. The van der Waals surface area contributed by atoms with Gasteiger partial charge in [-0.2, -0.15) is 0 Å². The number of fused-ring (bicyclic) bond motifs is 1. The predicted octanol–water partition coefficient (Wildman–Crippen LogP) is 4.53. The highest BCUT2D eigenvalue weighted by atomic mass is 79.9. The van der Waals surface area contributed by atoms with Crippen LogP contribution in [0.15, 0.2) is 16.6 Å². The molecule has 1 atom stereocenters. The number of benzene rings is 1. The Balaban J connectivity index is 2.32. The van der Waals surface area contributed by atoms with Gasteiger partial charge in [-0.3, -0.25) is 0 Å². The maximum absolute atomic E-state index is 13.4. The van der Waals surface area contributed by atoms with Gasteiger partial charge in [0.2, 0.25) is 0 Å². The minimum Gasteiger partial charge on any atom is -0.383 e. The summed E-state index contributed by atoms with van der Waals surface area (Å²) in [7, 11) is 0. The Morgan fingerprint density at radius 1 is 1.44 bits per heavy atom. The van der Waals surface area contributed by atoms with Crippen LogP contribution in [0.25, 0.3) is 0 Å². The fourth-order valence-electron chi connectivity index (χ4n) is 2.36. The highest BCUT2D eigenvalue weighted by Crippen LogP contribution is 2.42. The average molecular weight is 286 g/mol. The number of nitrogens with one attached hydrogen (secondary N) is 1. The van der Waals surface area contributed by atoms with Gasteiger partial charge in [-0.15, -0.1) is 0 Å². The molecular formula is C13H17BrFN. The zero-order valence-corrected chi connectivity index (χ0v) is 11.5. The van der Waals surface area contributed by atoms with E-state index in [1.807, 2.05) is 0 Å². The molecule has 0 spiro atoms. The second-order valence-electron chi connectivity index (χ2n) is 5.69. The molecule has 0 amide bonds. The number of hydrogen-bond acceptors (Lipinski definition) is 1. The summed E-state index contributed by atoms with van der Waals surface area (Å²) in [4.78, 5) is 0. The van der Waals surface area contributed by atoms with Crippen molar-refractivity contribution in [2.24, 2.45) is 5.41 Å². The number of hydrogen-bond donors (Lipinski definition) is 1. The van der Waals surface area contributed by atoms with Gasteiger partial charge in [-0.05, 0) is 45.5 Å². The first kappa shape index (κ1) is 11.9. The monoisotopic (exact) mass is 285 g/mol. The van der Waals surface area contributed by atoms with E-state index < -0.39 is 0 Å². The zero-order valence-electron chi connectivity index (χ0n) is 9.90. The maximum Gasteiger partial charge on any atom is 0.124 e. The molecule has 1 aliphatic heterocycles. The molecule has 0 bridgehead atoms. The average Bonchev–Trinajstić information content (AvgIpc) is 2.46. The SMILES string of the molecule is CC(C)(C)CC1CNc2c(Br)cc(F)cc21. The summed E-state index contributed by atoms with van der Waals surface area (Å²) in [5.41, 5.74) is 2.45. The first-order valence-corrected chi connectivity index (χ1v) is 6.39. The molecule has 0 fully saturated rings. The Morgan fingerprint density at radius 3 is 2.75 bits per heavy atom. The lowest BCUT2D eigenvalue weighted by Gasteiger charge is -2.22. The van der Waals surface area contributed by atoms with Crippen molar-refractivity contribution in [1.82, 2.24) is 0 Å². The molecule has 1 nitrogen and oxygen atoms in total. The Labute approximate surface area is 105 Å². The zero-order chi connectivity index (χ0) is 11.9. The molecule has 1 unspecified atom stereocenters. The van der Waals surface area contributed by atoms with Crippen molar-refractivity contribution in [3.63, 3.8) is 0 Å². The third-order valence-corrected chi connectivity index (χ3v) is 3.53. The number of rotatable bonds is 1. The molecule has 2 rings (SSSR count). The number of anilines is 1. The van der Waals surface area contributed by atoms with Crippen LogP contribution in [0.3, 0.4) is 0 Å². The molecule has 88 valence electrons. The van der Waals surface area contributed by atoms with Crippen molar-refractivity contribution in [3.8, 4) is 0 Å². The van der Waals surface area contributed by atoms with Crippen molar-refractivity contribution in [1.29, 1.82) is 0 Å². The minimum atomic E-state index is -0.159. The molecule has 0 aromatic heterocycles. The van der Waals surface area contributed by atoms with E-state index in [1.165, 1.54) is 6.07 Å². The van der Waals surface area contributed by atoms with Crippen molar-refractivity contribution in [2.75, 3.05) is 11.9 Å². The first-order valence-electron chi connectivity index (χ1n) is 5.59. The first-order chi connectivity index (χ1) is 7.37. The fourth-order valence-corrected chi connectivity index (χ4v) is 2.95. The molecule has 1 aromatic rings. The summed E-state index contributed by atoms with van der Waals surface area (Å²) >= 11 is 3.40. The van der Waals surface area contributed by atoms with Gasteiger partial charge in [0.05, 0.1) is 5.69 Å². The second kappa shape index (κ2) is 4.02. The van der Waals surface area contributed by atoms with E-state index in [1.54, 1.807) is 6.07 Å². The smallest absolute Gasteiger partial charge is 0.124 e. The molecule has 0 saturated carbocycles. The Hall–Kier alpha value is -0.570. The van der Waals surface area contributed by atoms with Crippen LogP contribution >= 0.6 is 15.9 Å². The molecule has 0 saturated heterocycles. The van der Waals surface area contributed by atoms with Gasteiger partial charge in [-0.1, -0.05) is 20.8 Å². The summed E-state index contributed by atoms with van der Waals surface area (Å²) in [5, 5.41) is 3.35. The predicted molar refractivity (Wildman–Crippen MR) is 69.4 cm³/mol. The largest absolute Gasteiger partial charge is 0.383 e. The highest BCUT2D eigenvalue weighted by Gasteiger charge is 2.28. The van der Waals surface area contributed by atoms with Crippen molar-refractivity contribution in [2.45, 2.75) is 33.1 Å². The lowest BCUT2D eigenvalue weighted by Crippen LogP contribution is -2.13. The molecule has 1 aliphatic rings. The van der Waals surface area contributed by atoms with Crippen LogP contribution in [-0.4, -0.2) is 6.54 Å². The summed E-state index contributed by atoms with van der Waals surface area (Å²) in [6, 6.07) is 3.18. The highest BCUT2D eigenvalue weighted by molar-refractivity contribution is 9.10. The molecule has 16 heavy (non-hydrogen) atoms. The van der Waals surface area contributed by atoms with Crippen LogP contribution in [0.4, 0.5) is 10.1 Å². The van der Waals surface area contributed by atoms with E-state index in [9.17, 15) is 4.39 Å². The van der Waals surface area contributed by atoms with Gasteiger partial charge < -0.3 is 5.32 Å². The van der Waals surface area contributed by atoms with Crippen molar-refractivity contribution < 1.29 is 4.39 Å². The Bertz CT molecular complexity index is 409. The lowest BCUT2D eigenvalue weighted by atomic mass is 9.82. The van der Waals surface area contributed by atoms with Gasteiger partial charge in [0.1, 0.15) is 5.82 Å². The van der Waals surface area contributed by atoms with Crippen LogP contribution in [-0.2, 0) is 0 Å². The van der Waals surface area contributed by atoms with Gasteiger partial charge in [0.25, 0.3) is 0 Å². The van der Waals surface area contributed by atoms with E-state index in [-0.39, 0.29) is 11.2 Å². The third-order valence-electron chi connectivity index (χ3n) is 2.91. The Morgan fingerprint density at radius 2 is 2.12 bits per heavy atom. The van der Waals surface area contributed by atoms with Gasteiger partial charge >= 0.3 is 0 Å². The van der Waals surface area contributed by atoms with Gasteiger partial charge in [0, 0.05) is 16.9 Å². The van der Waals surface area contributed by atoms with Crippen LogP contribution in [0, 0.1) is 11.2 Å².